The molecule has 1 saturated heterocycles. The van der Waals surface area contributed by atoms with E-state index in [2.05, 4.69) is 45.1 Å². The van der Waals surface area contributed by atoms with E-state index in [0.29, 0.717) is 5.56 Å². The van der Waals surface area contributed by atoms with Crippen LogP contribution in [0.1, 0.15) is 17.5 Å². The van der Waals surface area contributed by atoms with Crippen molar-refractivity contribution in [3.05, 3.63) is 59.8 Å². The fourth-order valence-electron chi connectivity index (χ4n) is 3.98. The largest absolute Gasteiger partial charge is 0.495 e. The maximum atomic E-state index is 9.07. The van der Waals surface area contributed by atoms with Gasteiger partial charge in [0.15, 0.2) is 0 Å². The Morgan fingerprint density at radius 2 is 1.93 bits per heavy atom. The Morgan fingerprint density at radius 3 is 2.71 bits per heavy atom. The molecule has 144 valence electrons. The van der Waals surface area contributed by atoms with E-state index in [9.17, 15) is 0 Å². The molecule has 0 atom stereocenters. The van der Waals surface area contributed by atoms with Crippen molar-refractivity contribution in [2.24, 2.45) is 0 Å². The smallest absolute Gasteiger partial charge is 0.143 e. The van der Waals surface area contributed by atoms with E-state index in [1.54, 1.807) is 7.11 Å². The highest BCUT2D eigenvalue weighted by atomic mass is 16.5. The number of benzene rings is 2. The average Bonchev–Trinajstić information content (AvgIpc) is 3.22. The third kappa shape index (κ3) is 3.97. The second-order valence-electron chi connectivity index (χ2n) is 7.33. The number of ether oxygens (including phenoxy) is 1. The maximum absolute atomic E-state index is 9.07. The monoisotopic (exact) mass is 374 g/mol. The van der Waals surface area contributed by atoms with Crippen LogP contribution in [-0.4, -0.2) is 49.7 Å². The molecule has 0 bridgehead atoms. The maximum Gasteiger partial charge on any atom is 0.143 e. The number of aromatic nitrogens is 1. The van der Waals surface area contributed by atoms with Crippen molar-refractivity contribution in [2.45, 2.75) is 12.8 Å². The second kappa shape index (κ2) is 8.37. The predicted molar refractivity (Wildman–Crippen MR) is 113 cm³/mol. The molecule has 1 N–H and O–H groups in total. The number of hydrogen-bond acceptors (Lipinski definition) is 4. The molecule has 0 radical (unpaired) electrons. The molecule has 1 fully saturated rings. The Hall–Kier alpha value is -2.97. The molecule has 28 heavy (non-hydrogen) atoms. The van der Waals surface area contributed by atoms with Crippen LogP contribution >= 0.6 is 0 Å². The van der Waals surface area contributed by atoms with Crippen molar-refractivity contribution in [1.82, 2.24) is 9.88 Å². The van der Waals surface area contributed by atoms with Gasteiger partial charge in [0.1, 0.15) is 5.75 Å². The van der Waals surface area contributed by atoms with Crippen molar-refractivity contribution < 1.29 is 4.74 Å². The number of nitriles is 1. The topological polar surface area (TPSA) is 55.3 Å². The zero-order chi connectivity index (χ0) is 19.3. The van der Waals surface area contributed by atoms with E-state index in [1.807, 2.05) is 24.4 Å². The fourth-order valence-corrected chi connectivity index (χ4v) is 3.98. The summed E-state index contributed by atoms with van der Waals surface area (Å²) in [7, 11) is 1.67. The lowest BCUT2D eigenvalue weighted by Crippen LogP contribution is -2.46. The Morgan fingerprint density at radius 1 is 1.07 bits per heavy atom. The lowest BCUT2D eigenvalue weighted by atomic mass is 10.1. The number of fused-ring (bicyclic) bond motifs is 1. The minimum Gasteiger partial charge on any atom is -0.495 e. The number of hydrogen-bond donors (Lipinski definition) is 1. The van der Waals surface area contributed by atoms with Crippen LogP contribution in [0.4, 0.5) is 5.69 Å². The molecular formula is C23H26N4O. The van der Waals surface area contributed by atoms with Gasteiger partial charge >= 0.3 is 0 Å². The van der Waals surface area contributed by atoms with Crippen LogP contribution in [0.15, 0.2) is 48.7 Å². The number of piperazine rings is 1. The van der Waals surface area contributed by atoms with Gasteiger partial charge in [-0.25, -0.2) is 0 Å². The minimum absolute atomic E-state index is 0.636. The summed E-state index contributed by atoms with van der Waals surface area (Å²) in [5.41, 5.74) is 4.34. The lowest BCUT2D eigenvalue weighted by Gasteiger charge is -2.36. The second-order valence-corrected chi connectivity index (χ2v) is 7.33. The molecule has 2 aromatic carbocycles. The SMILES string of the molecule is COc1cc(C#N)ccc1N1CCN(CCCc2ccc3cc[nH]c3c2)CC1. The quantitative estimate of drug-likeness (QED) is 0.713. The highest BCUT2D eigenvalue weighted by molar-refractivity contribution is 5.79. The Labute approximate surface area is 166 Å². The number of rotatable bonds is 6. The van der Waals surface area contributed by atoms with Crippen LogP contribution < -0.4 is 9.64 Å². The molecule has 1 aliphatic heterocycles. The lowest BCUT2D eigenvalue weighted by molar-refractivity contribution is 0.254. The van der Waals surface area contributed by atoms with E-state index >= 15 is 0 Å². The summed E-state index contributed by atoms with van der Waals surface area (Å²) >= 11 is 0. The molecule has 4 rings (SSSR count). The van der Waals surface area contributed by atoms with Crippen molar-refractivity contribution >= 4 is 16.6 Å². The number of methoxy groups -OCH3 is 1. The van der Waals surface area contributed by atoms with E-state index < -0.39 is 0 Å². The van der Waals surface area contributed by atoms with Gasteiger partial charge in [0.2, 0.25) is 0 Å². The zero-order valence-corrected chi connectivity index (χ0v) is 16.3. The summed E-state index contributed by atoms with van der Waals surface area (Å²) in [6.45, 7) is 5.20. The van der Waals surface area contributed by atoms with Crippen LogP contribution in [0, 0.1) is 11.3 Å². The minimum atomic E-state index is 0.636. The van der Waals surface area contributed by atoms with E-state index in [0.717, 1.165) is 50.6 Å². The average molecular weight is 374 g/mol. The highest BCUT2D eigenvalue weighted by Gasteiger charge is 2.19. The molecule has 2 heterocycles. The van der Waals surface area contributed by atoms with Crippen molar-refractivity contribution in [3.63, 3.8) is 0 Å². The van der Waals surface area contributed by atoms with Crippen LogP contribution in [0.25, 0.3) is 10.9 Å². The van der Waals surface area contributed by atoms with Gasteiger partial charge in [0, 0.05) is 44.0 Å². The molecule has 5 heteroatoms. The van der Waals surface area contributed by atoms with E-state index in [1.165, 1.54) is 22.9 Å². The van der Waals surface area contributed by atoms with E-state index in [4.69, 9.17) is 10.00 Å². The summed E-state index contributed by atoms with van der Waals surface area (Å²) in [6, 6.07) is 16.7. The van der Waals surface area contributed by atoms with Gasteiger partial charge in [-0.05, 0) is 54.6 Å². The third-order valence-electron chi connectivity index (χ3n) is 5.58. The third-order valence-corrected chi connectivity index (χ3v) is 5.58. The first-order valence-corrected chi connectivity index (χ1v) is 9.88. The van der Waals surface area contributed by atoms with Crippen molar-refractivity contribution in [2.75, 3.05) is 44.7 Å². The van der Waals surface area contributed by atoms with Crippen molar-refractivity contribution in [1.29, 1.82) is 5.26 Å². The standard InChI is InChI=1S/C23H26N4O/c1-28-23-16-19(17-24)5-7-22(23)27-13-11-26(12-14-27)10-2-3-18-4-6-20-8-9-25-21(20)15-18/h4-9,15-16,25H,2-3,10-14H2,1H3. The van der Waals surface area contributed by atoms with Crippen LogP contribution in [0.5, 0.6) is 5.75 Å². The first kappa shape index (κ1) is 18.4. The normalized spacial score (nSPS) is 14.9. The van der Waals surface area contributed by atoms with Crippen molar-refractivity contribution in [3.8, 4) is 11.8 Å². The number of H-pyrrole nitrogens is 1. The number of nitrogens with zero attached hydrogens (tertiary/aromatic N) is 3. The highest BCUT2D eigenvalue weighted by Crippen LogP contribution is 2.30. The summed E-state index contributed by atoms with van der Waals surface area (Å²) in [6.07, 6.45) is 4.28. The van der Waals surface area contributed by atoms with Gasteiger partial charge in [-0.15, -0.1) is 0 Å². The predicted octanol–water partition coefficient (Wildman–Crippen LogP) is 3.80. The number of nitrogens with one attached hydrogen (secondary N) is 1. The Kier molecular flexibility index (Phi) is 5.50. The first-order chi connectivity index (χ1) is 13.8. The number of aromatic amines is 1. The molecular weight excluding hydrogens is 348 g/mol. The van der Waals surface area contributed by atoms with Gasteiger partial charge in [-0.2, -0.15) is 5.26 Å². The Bertz CT molecular complexity index is 980. The molecule has 0 unspecified atom stereocenters. The summed E-state index contributed by atoms with van der Waals surface area (Å²) < 4.78 is 5.50. The fraction of sp³-hybridized carbons (Fsp3) is 0.348. The molecule has 3 aromatic rings. The molecule has 0 aliphatic carbocycles. The zero-order valence-electron chi connectivity index (χ0n) is 16.3. The van der Waals surface area contributed by atoms with Crippen LogP contribution in [0.3, 0.4) is 0 Å². The van der Waals surface area contributed by atoms with Gasteiger partial charge in [-0.1, -0.05) is 12.1 Å². The van der Waals surface area contributed by atoms with Crippen LogP contribution in [0.2, 0.25) is 0 Å². The molecule has 0 amide bonds. The first-order valence-electron chi connectivity index (χ1n) is 9.88. The Balaban J connectivity index is 1.28. The van der Waals surface area contributed by atoms with E-state index in [-0.39, 0.29) is 0 Å². The molecule has 1 aliphatic rings. The molecule has 5 nitrogen and oxygen atoms in total. The van der Waals surface area contributed by atoms with Crippen LogP contribution in [-0.2, 0) is 6.42 Å². The number of anilines is 1. The van der Waals surface area contributed by atoms with Gasteiger partial charge in [-0.3, -0.25) is 4.90 Å². The summed E-state index contributed by atoms with van der Waals surface area (Å²) in [5, 5.41) is 10.3. The van der Waals surface area contributed by atoms with Gasteiger partial charge in [0.25, 0.3) is 0 Å². The summed E-state index contributed by atoms with van der Waals surface area (Å²) in [4.78, 5) is 8.19. The summed E-state index contributed by atoms with van der Waals surface area (Å²) in [5.74, 6) is 0.784. The van der Waals surface area contributed by atoms with Gasteiger partial charge < -0.3 is 14.6 Å². The number of aryl methyl sites for hydroxylation is 1. The molecule has 0 saturated carbocycles. The molecule has 1 aromatic heterocycles. The van der Waals surface area contributed by atoms with Gasteiger partial charge in [0.05, 0.1) is 24.4 Å². The molecule has 0 spiro atoms.